The summed E-state index contributed by atoms with van der Waals surface area (Å²) in [5.74, 6) is 2.70. The van der Waals surface area contributed by atoms with Crippen molar-refractivity contribution in [2.75, 3.05) is 20.3 Å². The van der Waals surface area contributed by atoms with Crippen molar-refractivity contribution in [3.63, 3.8) is 0 Å². The van der Waals surface area contributed by atoms with Crippen molar-refractivity contribution in [3.8, 4) is 33.8 Å². The molecule has 0 aromatic heterocycles. The molecule has 4 aromatic carbocycles. The molecule has 0 heterocycles. The van der Waals surface area contributed by atoms with Crippen LogP contribution in [0.15, 0.2) is 97.1 Å². The average molecular weight is 523 g/mol. The van der Waals surface area contributed by atoms with Crippen molar-refractivity contribution in [2.24, 2.45) is 5.92 Å². The van der Waals surface area contributed by atoms with Gasteiger partial charge in [0.1, 0.15) is 17.8 Å². The monoisotopic (exact) mass is 522 g/mol. The fraction of sp³-hybridized carbons (Fsp3) is 0.286. The van der Waals surface area contributed by atoms with Crippen molar-refractivity contribution in [3.05, 3.63) is 108 Å². The summed E-state index contributed by atoms with van der Waals surface area (Å²) in [6, 6.07) is 32.2. The van der Waals surface area contributed by atoms with Crippen LogP contribution in [-0.4, -0.2) is 26.6 Å². The van der Waals surface area contributed by atoms with Gasteiger partial charge in [-0.2, -0.15) is 0 Å². The minimum Gasteiger partial charge on any atom is -0.496 e. The predicted molar refractivity (Wildman–Crippen MR) is 159 cm³/mol. The third-order valence-electron chi connectivity index (χ3n) is 6.91. The molecule has 1 atom stereocenters. The highest BCUT2D eigenvalue weighted by Gasteiger charge is 2.21. The summed E-state index contributed by atoms with van der Waals surface area (Å²) >= 11 is 0. The van der Waals surface area contributed by atoms with E-state index in [2.05, 4.69) is 37.3 Å². The molecule has 1 aliphatic rings. The van der Waals surface area contributed by atoms with Gasteiger partial charge in [0.05, 0.1) is 19.8 Å². The summed E-state index contributed by atoms with van der Waals surface area (Å²) in [4.78, 5) is 10.6. The number of methoxy groups -OCH3 is 1. The average Bonchev–Trinajstić information content (AvgIpc) is 3.83. The SMILES string of the molecule is CCOc1ccc(-c2ccc(C=O)cc2)cc1.COc1ccccc1-c1cccc(C(C)OCCC2CC2)c1. The molecule has 4 nitrogen and oxygen atoms in total. The number of ether oxygens (including phenoxy) is 3. The molecule has 1 saturated carbocycles. The lowest BCUT2D eigenvalue weighted by molar-refractivity contribution is 0.0615. The van der Waals surface area contributed by atoms with E-state index in [-0.39, 0.29) is 6.10 Å². The van der Waals surface area contributed by atoms with Crippen LogP contribution in [-0.2, 0) is 4.74 Å². The molecule has 39 heavy (non-hydrogen) atoms. The van der Waals surface area contributed by atoms with E-state index in [9.17, 15) is 4.79 Å². The van der Waals surface area contributed by atoms with Gasteiger partial charge in [0.15, 0.2) is 0 Å². The molecule has 5 rings (SSSR count). The highest BCUT2D eigenvalue weighted by Crippen LogP contribution is 2.34. The molecule has 4 aromatic rings. The van der Waals surface area contributed by atoms with Crippen LogP contribution in [0.4, 0.5) is 0 Å². The Morgan fingerprint density at radius 1 is 0.846 bits per heavy atom. The highest BCUT2D eigenvalue weighted by atomic mass is 16.5. The van der Waals surface area contributed by atoms with Gasteiger partial charge in [-0.1, -0.05) is 85.6 Å². The molecular weight excluding hydrogens is 484 g/mol. The lowest BCUT2D eigenvalue weighted by atomic mass is 10.0. The van der Waals surface area contributed by atoms with Gasteiger partial charge in [0, 0.05) is 17.7 Å². The van der Waals surface area contributed by atoms with E-state index in [1.54, 1.807) is 7.11 Å². The number of carbonyl (C=O) groups excluding carboxylic acids is 1. The molecule has 4 heteroatoms. The van der Waals surface area contributed by atoms with Gasteiger partial charge in [0.25, 0.3) is 0 Å². The standard InChI is InChI=1S/C20H24O2.C15H14O2/c1-15(22-13-12-16-10-11-16)17-6-5-7-18(14-17)19-8-3-4-9-20(19)21-2;1-2-17-15-9-7-14(8-10-15)13-5-3-12(11-16)4-6-13/h3-9,14-16H,10-13H2,1-2H3;3-11H,2H2,1H3. The van der Waals surface area contributed by atoms with Crippen LogP contribution in [0.2, 0.25) is 0 Å². The second-order valence-corrected chi connectivity index (χ2v) is 9.77. The van der Waals surface area contributed by atoms with Crippen molar-refractivity contribution in [1.82, 2.24) is 0 Å². The van der Waals surface area contributed by atoms with Crippen molar-refractivity contribution >= 4 is 6.29 Å². The Morgan fingerprint density at radius 3 is 2.18 bits per heavy atom. The Hall–Kier alpha value is -3.89. The van der Waals surface area contributed by atoms with Gasteiger partial charge in [0.2, 0.25) is 0 Å². The molecular formula is C35H38O4. The highest BCUT2D eigenvalue weighted by molar-refractivity contribution is 5.77. The van der Waals surface area contributed by atoms with Crippen LogP contribution in [0.5, 0.6) is 11.5 Å². The molecule has 0 amide bonds. The summed E-state index contributed by atoms with van der Waals surface area (Å²) in [5, 5.41) is 0. The maximum atomic E-state index is 10.6. The Labute approximate surface area is 232 Å². The lowest BCUT2D eigenvalue weighted by Crippen LogP contribution is -2.02. The van der Waals surface area contributed by atoms with E-state index in [1.165, 1.54) is 30.4 Å². The molecule has 1 fully saturated rings. The van der Waals surface area contributed by atoms with Gasteiger partial charge >= 0.3 is 0 Å². The number of para-hydroxylation sites is 1. The summed E-state index contributed by atoms with van der Waals surface area (Å²) in [6.07, 6.45) is 4.97. The normalized spacial score (nSPS) is 13.1. The summed E-state index contributed by atoms with van der Waals surface area (Å²) in [5.41, 5.74) is 6.42. The molecule has 1 aliphatic carbocycles. The van der Waals surface area contributed by atoms with E-state index >= 15 is 0 Å². The zero-order chi connectivity index (χ0) is 27.5. The van der Waals surface area contributed by atoms with Crippen molar-refractivity contribution in [2.45, 2.75) is 39.2 Å². The number of aldehydes is 1. The third kappa shape index (κ3) is 8.30. The fourth-order valence-electron chi connectivity index (χ4n) is 4.42. The largest absolute Gasteiger partial charge is 0.496 e. The maximum Gasteiger partial charge on any atom is 0.150 e. The van der Waals surface area contributed by atoms with Crippen LogP contribution in [0.1, 0.15) is 55.1 Å². The summed E-state index contributed by atoms with van der Waals surface area (Å²) in [7, 11) is 1.71. The van der Waals surface area contributed by atoms with Crippen LogP contribution < -0.4 is 9.47 Å². The van der Waals surface area contributed by atoms with E-state index in [1.807, 2.05) is 73.7 Å². The fourth-order valence-corrected chi connectivity index (χ4v) is 4.42. The Kier molecular flexibility index (Phi) is 10.3. The molecule has 0 aliphatic heterocycles. The first-order chi connectivity index (χ1) is 19.1. The maximum absolute atomic E-state index is 10.6. The smallest absolute Gasteiger partial charge is 0.150 e. The number of hydrogen-bond donors (Lipinski definition) is 0. The van der Waals surface area contributed by atoms with Gasteiger partial charge in [-0.3, -0.25) is 4.79 Å². The first kappa shape index (κ1) is 28.1. The zero-order valence-electron chi connectivity index (χ0n) is 23.1. The van der Waals surface area contributed by atoms with Crippen LogP contribution in [0.25, 0.3) is 22.3 Å². The van der Waals surface area contributed by atoms with Crippen molar-refractivity contribution in [1.29, 1.82) is 0 Å². The van der Waals surface area contributed by atoms with Gasteiger partial charge in [-0.15, -0.1) is 0 Å². The molecule has 1 unspecified atom stereocenters. The van der Waals surface area contributed by atoms with Crippen LogP contribution in [0.3, 0.4) is 0 Å². The van der Waals surface area contributed by atoms with Crippen molar-refractivity contribution < 1.29 is 19.0 Å². The molecule has 202 valence electrons. The summed E-state index contributed by atoms with van der Waals surface area (Å²) in [6.45, 7) is 5.64. The van der Waals surface area contributed by atoms with E-state index in [0.717, 1.165) is 47.0 Å². The van der Waals surface area contributed by atoms with Crippen LogP contribution in [0, 0.1) is 5.92 Å². The number of rotatable bonds is 11. The second-order valence-electron chi connectivity index (χ2n) is 9.77. The Bertz CT molecular complexity index is 1310. The molecule has 0 spiro atoms. The van der Waals surface area contributed by atoms with Gasteiger partial charge in [-0.25, -0.2) is 0 Å². The van der Waals surface area contributed by atoms with Crippen LogP contribution >= 0.6 is 0 Å². The molecule has 0 N–H and O–H groups in total. The minimum absolute atomic E-state index is 0.133. The number of hydrogen-bond acceptors (Lipinski definition) is 4. The van der Waals surface area contributed by atoms with E-state index in [4.69, 9.17) is 14.2 Å². The molecule has 0 radical (unpaired) electrons. The Balaban J connectivity index is 0.000000187. The molecule has 0 bridgehead atoms. The summed E-state index contributed by atoms with van der Waals surface area (Å²) < 4.78 is 16.8. The van der Waals surface area contributed by atoms with Gasteiger partial charge < -0.3 is 14.2 Å². The molecule has 0 saturated heterocycles. The zero-order valence-corrected chi connectivity index (χ0v) is 23.1. The second kappa shape index (κ2) is 14.3. The number of carbonyl (C=O) groups is 1. The van der Waals surface area contributed by atoms with Gasteiger partial charge in [-0.05, 0) is 72.7 Å². The topological polar surface area (TPSA) is 44.8 Å². The lowest BCUT2D eigenvalue weighted by Gasteiger charge is -2.15. The number of benzene rings is 4. The quantitative estimate of drug-likeness (QED) is 0.185. The minimum atomic E-state index is 0.133. The Morgan fingerprint density at radius 2 is 1.54 bits per heavy atom. The third-order valence-corrected chi connectivity index (χ3v) is 6.91. The van der Waals surface area contributed by atoms with E-state index in [0.29, 0.717) is 12.2 Å². The first-order valence-electron chi connectivity index (χ1n) is 13.7. The predicted octanol–water partition coefficient (Wildman–Crippen LogP) is 8.80. The first-order valence-corrected chi connectivity index (χ1v) is 13.7. The van der Waals surface area contributed by atoms with E-state index < -0.39 is 0 Å².